The lowest BCUT2D eigenvalue weighted by Gasteiger charge is -2.40. The number of rotatable bonds is 7. The smallest absolute Gasteiger partial charge is 0.409 e. The maximum Gasteiger partial charge on any atom is 0.471 e. The predicted molar refractivity (Wildman–Crippen MR) is 128 cm³/mol. The average Bonchev–Trinajstić information content (AvgIpc) is 3.01. The summed E-state index contributed by atoms with van der Waals surface area (Å²) in [5.74, 6) is -1.97. The molecule has 1 amide bonds. The summed E-state index contributed by atoms with van der Waals surface area (Å²) in [6.07, 6.45) is -2.08. The van der Waals surface area contributed by atoms with Gasteiger partial charge >= 0.3 is 12.1 Å². The van der Waals surface area contributed by atoms with Crippen molar-refractivity contribution >= 4 is 26.0 Å². The van der Waals surface area contributed by atoms with Crippen LogP contribution in [0.1, 0.15) is 52.8 Å². The fourth-order valence-electron chi connectivity index (χ4n) is 3.71. The fraction of sp³-hybridized carbons (Fsp3) is 0.773. The molecule has 1 unspecified atom stereocenters. The van der Waals surface area contributed by atoms with Crippen molar-refractivity contribution in [2.75, 3.05) is 13.3 Å². The van der Waals surface area contributed by atoms with E-state index in [2.05, 4.69) is 45.8 Å². The van der Waals surface area contributed by atoms with Gasteiger partial charge in [-0.2, -0.15) is 18.2 Å². The van der Waals surface area contributed by atoms with Gasteiger partial charge < -0.3 is 14.1 Å². The van der Waals surface area contributed by atoms with Gasteiger partial charge in [0.05, 0.1) is 24.3 Å². The first kappa shape index (κ1) is 28.9. The van der Waals surface area contributed by atoms with Crippen LogP contribution in [0.3, 0.4) is 0 Å². The molecule has 7 nitrogen and oxygen atoms in total. The maximum atomic E-state index is 12.9. The molecular formula is C22H36F3N3O4SSi. The predicted octanol–water partition coefficient (Wildman–Crippen LogP) is 4.82. The number of aromatic nitrogens is 2. The van der Waals surface area contributed by atoms with E-state index in [9.17, 15) is 22.8 Å². The third kappa shape index (κ3) is 6.06. The summed E-state index contributed by atoms with van der Waals surface area (Å²) in [5, 5.41) is 0.327. The highest BCUT2D eigenvalue weighted by Gasteiger charge is 2.49. The Balaban J connectivity index is 2.52. The summed E-state index contributed by atoms with van der Waals surface area (Å²) in [6, 6.07) is 0. The van der Waals surface area contributed by atoms with Crippen molar-refractivity contribution in [1.29, 1.82) is 0 Å². The van der Waals surface area contributed by atoms with Gasteiger partial charge in [-0.1, -0.05) is 46.4 Å². The second-order valence-corrected chi connectivity index (χ2v) is 15.8. The van der Waals surface area contributed by atoms with E-state index in [0.717, 1.165) is 13.5 Å². The van der Waals surface area contributed by atoms with Crippen molar-refractivity contribution in [1.82, 2.24) is 14.5 Å². The SMILES string of the molecule is CC[C@H]1O[C@@H](n2cc(CN(C)C(=O)C(F)(F)F)c(=O)nc2SC)C(O[Si](C)(C)C(C)(C)C)[C@H]1C. The van der Waals surface area contributed by atoms with Gasteiger partial charge in [0.25, 0.3) is 5.56 Å². The van der Waals surface area contributed by atoms with Crippen molar-refractivity contribution in [3.8, 4) is 0 Å². The molecule has 0 radical (unpaired) electrons. The molecule has 34 heavy (non-hydrogen) atoms. The van der Waals surface area contributed by atoms with E-state index in [1.165, 1.54) is 18.0 Å². The molecule has 194 valence electrons. The minimum atomic E-state index is -5.03. The zero-order valence-corrected chi connectivity index (χ0v) is 23.1. The average molecular weight is 524 g/mol. The normalized spacial score (nSPS) is 23.9. The Morgan fingerprint density at radius 3 is 2.38 bits per heavy atom. The molecule has 0 saturated carbocycles. The van der Waals surface area contributed by atoms with E-state index in [4.69, 9.17) is 9.16 Å². The first-order chi connectivity index (χ1) is 15.4. The van der Waals surface area contributed by atoms with Gasteiger partial charge in [0, 0.05) is 19.2 Å². The van der Waals surface area contributed by atoms with E-state index in [0.29, 0.717) is 10.1 Å². The Labute approximate surface area is 204 Å². The molecule has 1 fully saturated rings. The number of hydrogen-bond donors (Lipinski definition) is 0. The van der Waals surface area contributed by atoms with Crippen LogP contribution < -0.4 is 5.56 Å². The molecular weight excluding hydrogens is 487 g/mol. The molecule has 2 heterocycles. The summed E-state index contributed by atoms with van der Waals surface area (Å²) < 4.78 is 53.4. The van der Waals surface area contributed by atoms with Crippen LogP contribution in [0.15, 0.2) is 16.1 Å². The Bertz CT molecular complexity index is 949. The third-order valence-corrected chi connectivity index (χ3v) is 11.9. The monoisotopic (exact) mass is 523 g/mol. The zero-order chi connectivity index (χ0) is 26.2. The topological polar surface area (TPSA) is 73.7 Å². The molecule has 1 aromatic rings. The van der Waals surface area contributed by atoms with Crippen LogP contribution in [0, 0.1) is 5.92 Å². The van der Waals surface area contributed by atoms with Crippen molar-refractivity contribution in [2.24, 2.45) is 5.92 Å². The van der Waals surface area contributed by atoms with Crippen molar-refractivity contribution < 1.29 is 27.1 Å². The molecule has 1 saturated heterocycles. The van der Waals surface area contributed by atoms with E-state index in [1.54, 1.807) is 10.8 Å². The summed E-state index contributed by atoms with van der Waals surface area (Å²) in [6.45, 7) is 14.3. The molecule has 12 heteroatoms. The van der Waals surface area contributed by atoms with Crippen LogP contribution in [-0.2, 0) is 20.5 Å². The molecule has 0 N–H and O–H groups in total. The molecule has 1 aliphatic rings. The summed E-state index contributed by atoms with van der Waals surface area (Å²) in [7, 11) is -1.20. The highest BCUT2D eigenvalue weighted by Crippen LogP contribution is 2.44. The summed E-state index contributed by atoms with van der Waals surface area (Å²) in [4.78, 5) is 28.7. The Morgan fingerprint density at radius 2 is 1.91 bits per heavy atom. The Kier molecular flexibility index (Phi) is 8.76. The highest BCUT2D eigenvalue weighted by molar-refractivity contribution is 7.98. The number of nitrogens with zero attached hydrogens (tertiary/aromatic N) is 3. The largest absolute Gasteiger partial charge is 0.471 e. The number of ether oxygens (including phenoxy) is 1. The van der Waals surface area contributed by atoms with Crippen molar-refractivity contribution in [2.45, 2.75) is 95.5 Å². The highest BCUT2D eigenvalue weighted by atomic mass is 32.2. The number of carbonyl (C=O) groups excluding carboxylic acids is 1. The first-order valence-electron chi connectivity index (χ1n) is 11.3. The molecule has 1 aliphatic heterocycles. The summed E-state index contributed by atoms with van der Waals surface area (Å²) >= 11 is 1.24. The van der Waals surface area contributed by atoms with E-state index in [1.807, 2.05) is 6.92 Å². The van der Waals surface area contributed by atoms with Crippen molar-refractivity contribution in [3.05, 3.63) is 22.1 Å². The minimum Gasteiger partial charge on any atom is -0.409 e. The number of halogens is 3. The molecule has 1 aromatic heterocycles. The van der Waals surface area contributed by atoms with E-state index < -0.39 is 38.7 Å². The Hall–Kier alpha value is -1.37. The first-order valence-corrected chi connectivity index (χ1v) is 15.4. The number of hydrogen-bond acceptors (Lipinski definition) is 6. The van der Waals surface area contributed by atoms with E-state index >= 15 is 0 Å². The van der Waals surface area contributed by atoms with Crippen LogP contribution in [0.4, 0.5) is 13.2 Å². The number of amides is 1. The molecule has 2 rings (SSSR count). The van der Waals surface area contributed by atoms with Gasteiger partial charge in [-0.25, -0.2) is 0 Å². The van der Waals surface area contributed by atoms with Gasteiger partial charge in [-0.15, -0.1) is 0 Å². The van der Waals surface area contributed by atoms with Crippen LogP contribution in [0.2, 0.25) is 18.1 Å². The molecule has 0 aromatic carbocycles. The number of thioether (sulfide) groups is 1. The van der Waals surface area contributed by atoms with Crippen LogP contribution in [0.25, 0.3) is 0 Å². The molecule has 0 bridgehead atoms. The third-order valence-electron chi connectivity index (χ3n) is 6.78. The second-order valence-electron chi connectivity index (χ2n) is 10.3. The summed E-state index contributed by atoms with van der Waals surface area (Å²) in [5.41, 5.74) is -0.706. The molecule has 0 spiro atoms. The van der Waals surface area contributed by atoms with Gasteiger partial charge in [0.2, 0.25) is 0 Å². The lowest BCUT2D eigenvalue weighted by molar-refractivity contribution is -0.184. The zero-order valence-electron chi connectivity index (χ0n) is 21.3. The standard InChI is InChI=1S/C22H36F3N3O4SSi/c1-10-15-13(2)16(32-34(8,9)21(3,4)5)18(31-15)28-12-14(17(29)26-20(28)33-7)11-27(6)19(30)22(23,24)25/h12-13,15-16,18H,10-11H2,1-9H3/t13-,15+,16?,18+/m0/s1. The van der Waals surface area contributed by atoms with Gasteiger partial charge in [-0.05, 0) is 30.8 Å². The molecule has 4 atom stereocenters. The maximum absolute atomic E-state index is 12.9. The lowest BCUT2D eigenvalue weighted by atomic mass is 9.99. The van der Waals surface area contributed by atoms with Gasteiger partial charge in [-0.3, -0.25) is 14.2 Å². The number of carbonyl (C=O) groups is 1. The Morgan fingerprint density at radius 1 is 1.32 bits per heavy atom. The quantitative estimate of drug-likeness (QED) is 0.290. The van der Waals surface area contributed by atoms with Crippen molar-refractivity contribution in [3.63, 3.8) is 0 Å². The van der Waals surface area contributed by atoms with E-state index in [-0.39, 0.29) is 28.7 Å². The fourth-order valence-corrected chi connectivity index (χ4v) is 5.61. The van der Waals surface area contributed by atoms with Crippen LogP contribution >= 0.6 is 11.8 Å². The minimum absolute atomic E-state index is 0.0276. The molecule has 0 aliphatic carbocycles. The van der Waals surface area contributed by atoms with Gasteiger partial charge in [0.15, 0.2) is 19.7 Å². The number of alkyl halides is 3. The van der Waals surface area contributed by atoms with Crippen LogP contribution in [-0.4, -0.2) is 60.4 Å². The van der Waals surface area contributed by atoms with Gasteiger partial charge in [0.1, 0.15) is 0 Å². The van der Waals surface area contributed by atoms with Crippen LogP contribution in [0.5, 0.6) is 0 Å². The second kappa shape index (κ2) is 10.3. The lowest BCUT2D eigenvalue weighted by Crippen LogP contribution is -2.47.